The van der Waals surface area contributed by atoms with Crippen LogP contribution in [0.25, 0.3) is 6.08 Å². The molecule has 1 amide bonds. The molecule has 0 fully saturated rings. The molecule has 0 saturated carbocycles. The topological polar surface area (TPSA) is 84.9 Å². The number of benzene rings is 2. The highest BCUT2D eigenvalue weighted by Crippen LogP contribution is 2.28. The van der Waals surface area contributed by atoms with Crippen LogP contribution in [0.3, 0.4) is 0 Å². The molecule has 136 valence electrons. The van der Waals surface area contributed by atoms with E-state index in [1.54, 1.807) is 38.3 Å². The summed E-state index contributed by atoms with van der Waals surface area (Å²) in [5, 5.41) is 11.7. The van der Waals surface area contributed by atoms with Crippen LogP contribution < -0.4 is 14.8 Å². The van der Waals surface area contributed by atoms with Gasteiger partial charge in [0.15, 0.2) is 11.5 Å². The fourth-order valence-electron chi connectivity index (χ4n) is 2.35. The summed E-state index contributed by atoms with van der Waals surface area (Å²) in [6, 6.07) is 9.93. The Kier molecular flexibility index (Phi) is 6.38. The van der Waals surface area contributed by atoms with Crippen LogP contribution in [0, 0.1) is 6.92 Å². The highest BCUT2D eigenvalue weighted by atomic mass is 16.5. The van der Waals surface area contributed by atoms with Gasteiger partial charge in [-0.15, -0.1) is 0 Å². The molecule has 2 rings (SSSR count). The van der Waals surface area contributed by atoms with Crippen molar-refractivity contribution in [1.82, 2.24) is 0 Å². The van der Waals surface area contributed by atoms with Crippen molar-refractivity contribution in [3.05, 3.63) is 59.2 Å². The third-order valence-corrected chi connectivity index (χ3v) is 3.65. The number of hydrogen-bond acceptors (Lipinski definition) is 4. The fourth-order valence-corrected chi connectivity index (χ4v) is 2.35. The van der Waals surface area contributed by atoms with Crippen molar-refractivity contribution in [1.29, 1.82) is 0 Å². The summed E-state index contributed by atoms with van der Waals surface area (Å²) in [5.41, 5.74) is 2.21. The number of aromatic carboxylic acids is 1. The Bertz CT molecular complexity index is 842. The lowest BCUT2D eigenvalue weighted by atomic mass is 10.1. The third kappa shape index (κ3) is 4.86. The van der Waals surface area contributed by atoms with Gasteiger partial charge in [-0.25, -0.2) is 4.79 Å². The normalized spacial score (nSPS) is 10.6. The molecule has 0 bridgehead atoms. The molecule has 0 spiro atoms. The molecule has 0 aliphatic carbocycles. The van der Waals surface area contributed by atoms with Crippen molar-refractivity contribution in [2.24, 2.45) is 0 Å². The van der Waals surface area contributed by atoms with E-state index in [4.69, 9.17) is 14.6 Å². The maximum atomic E-state index is 12.1. The number of hydrogen-bond donors (Lipinski definition) is 2. The zero-order valence-electron chi connectivity index (χ0n) is 14.9. The molecule has 26 heavy (non-hydrogen) atoms. The second-order valence-electron chi connectivity index (χ2n) is 5.50. The summed E-state index contributed by atoms with van der Waals surface area (Å²) in [4.78, 5) is 23.1. The van der Waals surface area contributed by atoms with E-state index in [9.17, 15) is 9.59 Å². The summed E-state index contributed by atoms with van der Waals surface area (Å²) in [6.07, 6.45) is 3.06. The molecule has 0 saturated heterocycles. The number of nitrogens with one attached hydrogen (secondary N) is 1. The first-order valence-electron chi connectivity index (χ1n) is 8.08. The van der Waals surface area contributed by atoms with E-state index < -0.39 is 5.97 Å². The molecule has 0 heterocycles. The summed E-state index contributed by atoms with van der Waals surface area (Å²) < 4.78 is 10.7. The summed E-state index contributed by atoms with van der Waals surface area (Å²) in [7, 11) is 1.56. The van der Waals surface area contributed by atoms with E-state index in [0.29, 0.717) is 29.4 Å². The highest BCUT2D eigenvalue weighted by Gasteiger charge is 2.08. The van der Waals surface area contributed by atoms with Crippen LogP contribution in [0.5, 0.6) is 11.5 Å². The third-order valence-electron chi connectivity index (χ3n) is 3.65. The van der Waals surface area contributed by atoms with Crippen LogP contribution in [-0.2, 0) is 4.79 Å². The molecule has 2 N–H and O–H groups in total. The van der Waals surface area contributed by atoms with Gasteiger partial charge < -0.3 is 19.9 Å². The Morgan fingerprint density at radius 1 is 1.15 bits per heavy atom. The average molecular weight is 355 g/mol. The van der Waals surface area contributed by atoms with E-state index in [2.05, 4.69) is 5.32 Å². The second-order valence-corrected chi connectivity index (χ2v) is 5.50. The van der Waals surface area contributed by atoms with E-state index >= 15 is 0 Å². The monoisotopic (exact) mass is 355 g/mol. The molecule has 0 radical (unpaired) electrons. The number of amides is 1. The van der Waals surface area contributed by atoms with Crippen LogP contribution in [0.2, 0.25) is 0 Å². The Labute approximate surface area is 152 Å². The fraction of sp³-hybridized carbons (Fsp3) is 0.200. The summed E-state index contributed by atoms with van der Waals surface area (Å²) in [5.74, 6) is -0.0837. The Morgan fingerprint density at radius 3 is 2.54 bits per heavy atom. The quantitative estimate of drug-likeness (QED) is 0.739. The van der Waals surface area contributed by atoms with Crippen LogP contribution in [0.15, 0.2) is 42.5 Å². The van der Waals surface area contributed by atoms with Gasteiger partial charge in [-0.05, 0) is 61.4 Å². The molecule has 0 atom stereocenters. The lowest BCUT2D eigenvalue weighted by Gasteiger charge is -2.09. The minimum absolute atomic E-state index is 0.178. The second kappa shape index (κ2) is 8.71. The van der Waals surface area contributed by atoms with Crippen LogP contribution in [-0.4, -0.2) is 30.7 Å². The molecule has 0 unspecified atom stereocenters. The van der Waals surface area contributed by atoms with Gasteiger partial charge in [0.25, 0.3) is 0 Å². The van der Waals surface area contributed by atoms with Gasteiger partial charge in [0, 0.05) is 11.8 Å². The van der Waals surface area contributed by atoms with Gasteiger partial charge in [0.05, 0.1) is 19.3 Å². The summed E-state index contributed by atoms with van der Waals surface area (Å²) >= 11 is 0. The van der Waals surface area contributed by atoms with Crippen molar-refractivity contribution in [2.75, 3.05) is 19.0 Å². The lowest BCUT2D eigenvalue weighted by Crippen LogP contribution is -2.09. The Balaban J connectivity index is 2.09. The van der Waals surface area contributed by atoms with Crippen molar-refractivity contribution >= 4 is 23.6 Å². The number of carboxylic acids is 1. The number of methoxy groups -OCH3 is 1. The van der Waals surface area contributed by atoms with Crippen molar-refractivity contribution in [3.8, 4) is 11.5 Å². The van der Waals surface area contributed by atoms with Crippen LogP contribution in [0.1, 0.15) is 28.4 Å². The Morgan fingerprint density at radius 2 is 1.92 bits per heavy atom. The minimum atomic E-state index is -1.00. The van der Waals surface area contributed by atoms with Gasteiger partial charge >= 0.3 is 5.97 Å². The molecule has 0 aliphatic heterocycles. The zero-order chi connectivity index (χ0) is 19.1. The van der Waals surface area contributed by atoms with E-state index in [1.807, 2.05) is 13.0 Å². The smallest absolute Gasteiger partial charge is 0.335 e. The van der Waals surface area contributed by atoms with Gasteiger partial charge in [-0.1, -0.05) is 6.07 Å². The number of carboxylic acid groups (broad SMARTS) is 1. The van der Waals surface area contributed by atoms with Gasteiger partial charge in [0.1, 0.15) is 0 Å². The highest BCUT2D eigenvalue weighted by molar-refractivity contribution is 6.02. The van der Waals surface area contributed by atoms with Crippen molar-refractivity contribution in [3.63, 3.8) is 0 Å². The van der Waals surface area contributed by atoms with Gasteiger partial charge in [-0.2, -0.15) is 0 Å². The standard InChI is InChI=1S/C20H21NO5/c1-4-26-17-9-5-14(12-18(17)25-3)6-10-19(22)21-16-8-7-15(20(23)24)11-13(16)2/h5-12H,4H2,1-3H3,(H,21,22)(H,23,24)/b10-6+. The minimum Gasteiger partial charge on any atom is -0.493 e. The molecule has 6 heteroatoms. The molecular weight excluding hydrogens is 334 g/mol. The molecular formula is C20H21NO5. The van der Waals surface area contributed by atoms with Crippen LogP contribution in [0.4, 0.5) is 5.69 Å². The molecule has 0 aromatic heterocycles. The SMILES string of the molecule is CCOc1ccc(/C=C/C(=O)Nc2ccc(C(=O)O)cc2C)cc1OC. The zero-order valence-corrected chi connectivity index (χ0v) is 14.9. The number of ether oxygens (including phenoxy) is 2. The predicted octanol–water partition coefficient (Wildman–Crippen LogP) is 3.75. The number of aryl methyl sites for hydroxylation is 1. The number of anilines is 1. The Hall–Kier alpha value is -3.28. The number of carbonyl (C=O) groups is 2. The first kappa shape index (κ1) is 19.1. The van der Waals surface area contributed by atoms with Crippen LogP contribution >= 0.6 is 0 Å². The molecule has 6 nitrogen and oxygen atoms in total. The van der Waals surface area contributed by atoms with Crippen molar-refractivity contribution in [2.45, 2.75) is 13.8 Å². The van der Waals surface area contributed by atoms with E-state index in [1.165, 1.54) is 18.2 Å². The molecule has 2 aromatic carbocycles. The van der Waals surface area contributed by atoms with Gasteiger partial charge in [-0.3, -0.25) is 4.79 Å². The van der Waals surface area contributed by atoms with E-state index in [-0.39, 0.29) is 11.5 Å². The number of rotatable bonds is 7. The first-order valence-corrected chi connectivity index (χ1v) is 8.08. The maximum absolute atomic E-state index is 12.1. The maximum Gasteiger partial charge on any atom is 0.335 e. The lowest BCUT2D eigenvalue weighted by molar-refractivity contribution is -0.111. The average Bonchev–Trinajstić information content (AvgIpc) is 2.62. The first-order chi connectivity index (χ1) is 12.4. The molecule has 2 aromatic rings. The van der Waals surface area contributed by atoms with Gasteiger partial charge in [0.2, 0.25) is 5.91 Å². The number of carbonyl (C=O) groups excluding carboxylic acids is 1. The van der Waals surface area contributed by atoms with E-state index in [0.717, 1.165) is 5.56 Å². The molecule has 0 aliphatic rings. The largest absolute Gasteiger partial charge is 0.493 e. The summed E-state index contributed by atoms with van der Waals surface area (Å²) in [6.45, 7) is 4.17. The predicted molar refractivity (Wildman–Crippen MR) is 100.0 cm³/mol. The van der Waals surface area contributed by atoms with Crippen molar-refractivity contribution < 1.29 is 24.2 Å².